The summed E-state index contributed by atoms with van der Waals surface area (Å²) in [5, 5.41) is 12.7. The van der Waals surface area contributed by atoms with E-state index in [-0.39, 0.29) is 22.4 Å². The van der Waals surface area contributed by atoms with Crippen molar-refractivity contribution < 1.29 is 28.3 Å². The first-order valence-corrected chi connectivity index (χ1v) is 10.4. The van der Waals surface area contributed by atoms with Crippen LogP contribution in [-0.4, -0.2) is 17.8 Å². The molecule has 0 fully saturated rings. The van der Waals surface area contributed by atoms with Crippen LogP contribution in [0.5, 0.6) is 0 Å². The fourth-order valence-corrected chi connectivity index (χ4v) is 4.18. The summed E-state index contributed by atoms with van der Waals surface area (Å²) >= 11 is 0. The second-order valence-corrected chi connectivity index (χ2v) is 7.82. The Morgan fingerprint density at radius 3 is 1.59 bits per heavy atom. The predicted octanol–water partition coefficient (Wildman–Crippen LogP) is 4.62. The lowest BCUT2D eigenvalue weighted by molar-refractivity contribution is -0.255. The first-order valence-electron chi connectivity index (χ1n) is 10.4. The van der Waals surface area contributed by atoms with Crippen LogP contribution in [0.4, 0.5) is 5.69 Å². The Labute approximate surface area is 191 Å². The molecular weight excluding hydrogens is 434 g/mol. The smallest absolute Gasteiger partial charge is 0.266 e. The number of imide groups is 1. The van der Waals surface area contributed by atoms with Crippen molar-refractivity contribution in [3.8, 4) is 0 Å². The summed E-state index contributed by atoms with van der Waals surface area (Å²) in [5.74, 6) is -2.42. The number of nitrogens with zero attached hydrogens (tertiary/aromatic N) is 1. The van der Waals surface area contributed by atoms with Gasteiger partial charge < -0.3 is 18.7 Å². The van der Waals surface area contributed by atoms with Crippen molar-refractivity contribution in [3.05, 3.63) is 102 Å². The van der Waals surface area contributed by atoms with E-state index in [1.165, 1.54) is 36.4 Å². The standard InChI is InChI=1S/C27H15NO6/c29-25-19-13-23-24(14-20(19)26(30)28(25)16-11-9-15(10-12-16)27(31)32)34-22-8-4-2-6-18(22)17-5-1-3-7-21(17)33-23/h1-14H,(H,31,32)/p-1. The maximum absolute atomic E-state index is 13.2. The molecule has 2 amide bonds. The van der Waals surface area contributed by atoms with Crippen LogP contribution in [0.25, 0.3) is 33.1 Å². The lowest BCUT2D eigenvalue weighted by Crippen LogP contribution is -2.29. The van der Waals surface area contributed by atoms with E-state index >= 15 is 0 Å². The van der Waals surface area contributed by atoms with E-state index in [2.05, 4.69) is 0 Å². The van der Waals surface area contributed by atoms with E-state index in [0.29, 0.717) is 22.3 Å². The fraction of sp³-hybridized carbons (Fsp3) is 0. The molecule has 5 aromatic rings. The van der Waals surface area contributed by atoms with Crippen molar-refractivity contribution in [2.75, 3.05) is 4.90 Å². The minimum Gasteiger partial charge on any atom is -0.545 e. The molecule has 0 unspecified atom stereocenters. The first kappa shape index (κ1) is 19.8. The highest BCUT2D eigenvalue weighted by Gasteiger charge is 2.37. The molecule has 1 aliphatic heterocycles. The lowest BCUT2D eigenvalue weighted by atomic mass is 10.1. The number of hydrogen-bond acceptors (Lipinski definition) is 6. The van der Waals surface area contributed by atoms with Crippen LogP contribution in [0, 0.1) is 0 Å². The molecule has 164 valence electrons. The molecule has 0 N–H and O–H groups in total. The van der Waals surface area contributed by atoms with Gasteiger partial charge in [0.15, 0.2) is 11.2 Å². The highest BCUT2D eigenvalue weighted by Crippen LogP contribution is 2.33. The number of hydrogen-bond donors (Lipinski definition) is 0. The predicted molar refractivity (Wildman–Crippen MR) is 123 cm³/mol. The van der Waals surface area contributed by atoms with Gasteiger partial charge in [-0.1, -0.05) is 48.5 Å². The molecular formula is C27H14NO6-. The van der Waals surface area contributed by atoms with Gasteiger partial charge in [-0.2, -0.15) is 0 Å². The summed E-state index contributed by atoms with van der Waals surface area (Å²) in [6, 6.07) is 23.4. The molecule has 2 heterocycles. The summed E-state index contributed by atoms with van der Waals surface area (Å²) in [7, 11) is 0. The summed E-state index contributed by atoms with van der Waals surface area (Å²) in [4.78, 5) is 38.4. The molecule has 0 bridgehead atoms. The number of para-hydroxylation sites is 2. The number of benzene rings is 4. The average Bonchev–Trinajstić information content (AvgIpc) is 3.08. The zero-order chi connectivity index (χ0) is 23.4. The molecule has 34 heavy (non-hydrogen) atoms. The zero-order valence-corrected chi connectivity index (χ0v) is 17.5. The lowest BCUT2D eigenvalue weighted by Gasteiger charge is -2.14. The van der Waals surface area contributed by atoms with Crippen LogP contribution >= 0.6 is 0 Å². The van der Waals surface area contributed by atoms with Gasteiger partial charge in [0.05, 0.1) is 22.8 Å². The van der Waals surface area contributed by atoms with Gasteiger partial charge in [-0.3, -0.25) is 9.59 Å². The van der Waals surface area contributed by atoms with E-state index in [9.17, 15) is 19.5 Å². The minimum atomic E-state index is -1.34. The van der Waals surface area contributed by atoms with Crippen molar-refractivity contribution in [1.29, 1.82) is 0 Å². The van der Waals surface area contributed by atoms with E-state index < -0.39 is 17.8 Å². The highest BCUT2D eigenvalue weighted by molar-refractivity contribution is 6.35. The Hall–Kier alpha value is -4.91. The van der Waals surface area contributed by atoms with Crippen molar-refractivity contribution in [3.63, 3.8) is 0 Å². The number of aromatic carboxylic acids is 1. The first-order chi connectivity index (χ1) is 16.5. The Kier molecular flexibility index (Phi) is 4.25. The summed E-state index contributed by atoms with van der Waals surface area (Å²) in [6.45, 7) is 0. The van der Waals surface area contributed by atoms with E-state index in [4.69, 9.17) is 8.83 Å². The van der Waals surface area contributed by atoms with Crippen molar-refractivity contribution in [2.24, 2.45) is 0 Å². The molecule has 4 aromatic carbocycles. The number of amides is 2. The quantitative estimate of drug-likeness (QED) is 0.365. The van der Waals surface area contributed by atoms with Crippen molar-refractivity contribution in [1.82, 2.24) is 0 Å². The fourth-order valence-electron chi connectivity index (χ4n) is 4.18. The third kappa shape index (κ3) is 2.95. The Morgan fingerprint density at radius 1 is 0.647 bits per heavy atom. The van der Waals surface area contributed by atoms with Gasteiger partial charge in [0.2, 0.25) is 0 Å². The van der Waals surface area contributed by atoms with E-state index in [0.717, 1.165) is 15.7 Å². The normalized spacial score (nSPS) is 13.0. The topological polar surface area (TPSA) is 104 Å². The van der Waals surface area contributed by atoms with Crippen molar-refractivity contribution >= 4 is 56.6 Å². The van der Waals surface area contributed by atoms with Crippen LogP contribution in [-0.2, 0) is 0 Å². The van der Waals surface area contributed by atoms with Gasteiger partial charge in [-0.25, -0.2) is 4.90 Å². The molecule has 0 saturated carbocycles. The molecule has 6 rings (SSSR count). The number of anilines is 1. The van der Waals surface area contributed by atoms with Gasteiger partial charge in [0.25, 0.3) is 11.8 Å². The largest absolute Gasteiger partial charge is 0.545 e. The molecule has 7 nitrogen and oxygen atoms in total. The number of carbonyl (C=O) groups excluding carboxylic acids is 3. The highest BCUT2D eigenvalue weighted by atomic mass is 16.4. The van der Waals surface area contributed by atoms with Gasteiger partial charge in [-0.05, 0) is 42.0 Å². The van der Waals surface area contributed by atoms with Gasteiger partial charge >= 0.3 is 0 Å². The second-order valence-electron chi connectivity index (χ2n) is 7.82. The van der Waals surface area contributed by atoms with E-state index in [1.807, 2.05) is 48.5 Å². The maximum atomic E-state index is 13.2. The molecule has 0 aliphatic carbocycles. The molecule has 7 heteroatoms. The third-order valence-corrected chi connectivity index (χ3v) is 5.82. The van der Waals surface area contributed by atoms with Crippen LogP contribution < -0.4 is 10.0 Å². The van der Waals surface area contributed by atoms with Crippen LogP contribution in [0.15, 0.2) is 93.8 Å². The number of rotatable bonds is 2. The van der Waals surface area contributed by atoms with E-state index in [1.54, 1.807) is 0 Å². The SMILES string of the molecule is O=C([O-])c1ccc(N2C(=O)c3cc4oc5ccccc5c5ccccc5oc4cc3C2=O)cc1. The van der Waals surface area contributed by atoms with Crippen LogP contribution in [0.3, 0.4) is 0 Å². The molecule has 1 aromatic heterocycles. The molecule has 0 spiro atoms. The summed E-state index contributed by atoms with van der Waals surface area (Å²) in [6.07, 6.45) is 0. The van der Waals surface area contributed by atoms with Crippen molar-refractivity contribution in [2.45, 2.75) is 0 Å². The Bertz CT molecular complexity index is 1620. The third-order valence-electron chi connectivity index (χ3n) is 5.82. The Balaban J connectivity index is 1.59. The molecule has 0 radical (unpaired) electrons. The van der Waals surface area contributed by atoms with Crippen LogP contribution in [0.2, 0.25) is 0 Å². The summed E-state index contributed by atoms with van der Waals surface area (Å²) in [5.41, 5.74) is 2.32. The van der Waals surface area contributed by atoms with Gasteiger partial charge in [0, 0.05) is 10.8 Å². The number of carbonyl (C=O) groups is 3. The molecule has 0 saturated heterocycles. The number of carboxylic acid groups (broad SMARTS) is 1. The van der Waals surface area contributed by atoms with Crippen LogP contribution in [0.1, 0.15) is 31.1 Å². The summed E-state index contributed by atoms with van der Waals surface area (Å²) < 4.78 is 12.3. The van der Waals surface area contributed by atoms with Gasteiger partial charge in [0.1, 0.15) is 11.2 Å². The number of fused-ring (bicyclic) bond motifs is 5. The second kappa shape index (κ2) is 7.31. The monoisotopic (exact) mass is 448 g/mol. The molecule has 0 atom stereocenters. The molecule has 1 aliphatic rings. The maximum Gasteiger partial charge on any atom is 0.266 e. The number of carboxylic acids is 1. The Morgan fingerprint density at radius 2 is 1.12 bits per heavy atom. The average molecular weight is 448 g/mol. The zero-order valence-electron chi connectivity index (χ0n) is 17.5. The van der Waals surface area contributed by atoms with Gasteiger partial charge in [-0.15, -0.1) is 0 Å². The minimum absolute atomic E-state index is 0.0533.